The fourth-order valence-corrected chi connectivity index (χ4v) is 3.14. The Morgan fingerprint density at radius 2 is 2.14 bits per heavy atom. The van der Waals surface area contributed by atoms with Gasteiger partial charge < -0.3 is 19.7 Å². The Hall–Kier alpha value is -0.810. The molecule has 2 unspecified atom stereocenters. The highest BCUT2D eigenvalue weighted by atomic mass is 16.6. The zero-order valence-corrected chi connectivity index (χ0v) is 14.4. The Bertz CT molecular complexity index is 348. The maximum absolute atomic E-state index is 12.0. The Morgan fingerprint density at radius 1 is 1.32 bits per heavy atom. The van der Waals surface area contributed by atoms with Crippen LogP contribution in [0.1, 0.15) is 46.5 Å². The minimum Gasteiger partial charge on any atom is -0.444 e. The van der Waals surface area contributed by atoms with E-state index in [2.05, 4.69) is 5.32 Å². The van der Waals surface area contributed by atoms with Gasteiger partial charge in [0.15, 0.2) is 0 Å². The molecule has 1 amide bonds. The van der Waals surface area contributed by atoms with E-state index in [0.29, 0.717) is 11.8 Å². The lowest BCUT2D eigenvalue weighted by atomic mass is 10.0. The minimum absolute atomic E-state index is 0.165. The molecule has 0 spiro atoms. The van der Waals surface area contributed by atoms with Crippen molar-refractivity contribution in [2.45, 2.75) is 52.1 Å². The summed E-state index contributed by atoms with van der Waals surface area (Å²) in [7, 11) is 0. The van der Waals surface area contributed by atoms with E-state index in [9.17, 15) is 4.79 Å². The van der Waals surface area contributed by atoms with E-state index in [1.165, 1.54) is 12.8 Å². The van der Waals surface area contributed by atoms with Gasteiger partial charge in [-0.05, 0) is 64.8 Å². The van der Waals surface area contributed by atoms with Crippen LogP contribution in [0, 0.1) is 11.8 Å². The van der Waals surface area contributed by atoms with Crippen LogP contribution in [-0.4, -0.2) is 56.0 Å². The summed E-state index contributed by atoms with van der Waals surface area (Å²) < 4.78 is 10.9. The van der Waals surface area contributed by atoms with Gasteiger partial charge in [0.05, 0.1) is 6.61 Å². The molecule has 2 aliphatic heterocycles. The van der Waals surface area contributed by atoms with Crippen LogP contribution in [-0.2, 0) is 9.47 Å². The summed E-state index contributed by atoms with van der Waals surface area (Å²) >= 11 is 0. The minimum atomic E-state index is -0.404. The van der Waals surface area contributed by atoms with Crippen molar-refractivity contribution in [3.8, 4) is 0 Å². The van der Waals surface area contributed by atoms with E-state index in [1.807, 2.05) is 25.7 Å². The normalized spacial score (nSPS) is 26.2. The summed E-state index contributed by atoms with van der Waals surface area (Å²) in [4.78, 5) is 13.9. The number of amides is 1. The van der Waals surface area contributed by atoms with Crippen molar-refractivity contribution in [1.29, 1.82) is 0 Å². The molecule has 2 aliphatic rings. The van der Waals surface area contributed by atoms with Crippen molar-refractivity contribution in [2.24, 2.45) is 11.8 Å². The number of nitrogens with one attached hydrogen (secondary N) is 1. The zero-order valence-electron chi connectivity index (χ0n) is 14.4. The summed E-state index contributed by atoms with van der Waals surface area (Å²) in [5.41, 5.74) is -0.404. The Balaban J connectivity index is 1.57. The third kappa shape index (κ3) is 6.13. The summed E-state index contributed by atoms with van der Waals surface area (Å²) in [5.74, 6) is 1.28. The van der Waals surface area contributed by atoms with Crippen molar-refractivity contribution in [2.75, 3.05) is 39.4 Å². The highest BCUT2D eigenvalue weighted by Crippen LogP contribution is 2.21. The lowest BCUT2D eigenvalue weighted by Gasteiger charge is -2.24. The molecular weight excluding hydrogens is 280 g/mol. The second-order valence-corrected chi connectivity index (χ2v) is 7.66. The van der Waals surface area contributed by atoms with Crippen molar-refractivity contribution >= 4 is 6.09 Å². The van der Waals surface area contributed by atoms with Gasteiger partial charge in [-0.15, -0.1) is 0 Å². The molecule has 0 saturated carbocycles. The van der Waals surface area contributed by atoms with Gasteiger partial charge in [0, 0.05) is 26.2 Å². The van der Waals surface area contributed by atoms with E-state index < -0.39 is 5.60 Å². The lowest BCUT2D eigenvalue weighted by Crippen LogP contribution is -2.35. The fraction of sp³-hybridized carbons (Fsp3) is 0.941. The summed E-state index contributed by atoms with van der Waals surface area (Å²) in [6.07, 6.45) is 4.53. The second kappa shape index (κ2) is 8.16. The first-order valence-corrected chi connectivity index (χ1v) is 8.70. The van der Waals surface area contributed by atoms with Crippen LogP contribution in [0.15, 0.2) is 0 Å². The van der Waals surface area contributed by atoms with Crippen molar-refractivity contribution in [1.82, 2.24) is 10.2 Å². The average molecular weight is 312 g/mol. The quantitative estimate of drug-likeness (QED) is 0.793. The second-order valence-electron chi connectivity index (χ2n) is 7.66. The average Bonchev–Trinajstić information content (AvgIpc) is 2.92. The van der Waals surface area contributed by atoms with E-state index in [1.54, 1.807) is 0 Å². The van der Waals surface area contributed by atoms with Crippen LogP contribution >= 0.6 is 0 Å². The van der Waals surface area contributed by atoms with Crippen molar-refractivity contribution in [3.05, 3.63) is 0 Å². The van der Waals surface area contributed by atoms with Gasteiger partial charge in [-0.2, -0.15) is 0 Å². The highest BCUT2D eigenvalue weighted by Gasteiger charge is 2.29. The Kier molecular flexibility index (Phi) is 6.50. The summed E-state index contributed by atoms with van der Waals surface area (Å²) in [6, 6.07) is 0. The van der Waals surface area contributed by atoms with Gasteiger partial charge in [-0.1, -0.05) is 0 Å². The standard InChI is InChI=1S/C17H32N2O3/c1-17(2,3)22-16(20)19-9-7-14(12-19)6-8-18-11-15-5-4-10-21-13-15/h14-15,18H,4-13H2,1-3H3. The molecule has 22 heavy (non-hydrogen) atoms. The molecule has 2 atom stereocenters. The van der Waals surface area contributed by atoms with E-state index in [-0.39, 0.29) is 6.09 Å². The van der Waals surface area contributed by atoms with E-state index in [0.717, 1.165) is 52.2 Å². The first-order chi connectivity index (χ1) is 10.4. The molecule has 128 valence electrons. The van der Waals surface area contributed by atoms with E-state index in [4.69, 9.17) is 9.47 Å². The third-order valence-corrected chi connectivity index (χ3v) is 4.35. The van der Waals surface area contributed by atoms with Crippen molar-refractivity contribution < 1.29 is 14.3 Å². The molecule has 5 heteroatoms. The molecule has 0 bridgehead atoms. The number of nitrogens with zero attached hydrogens (tertiary/aromatic N) is 1. The number of ether oxygens (including phenoxy) is 2. The number of carbonyl (C=O) groups is 1. The molecule has 2 saturated heterocycles. The predicted molar refractivity (Wildman–Crippen MR) is 86.9 cm³/mol. The van der Waals surface area contributed by atoms with Gasteiger partial charge in [0.25, 0.3) is 0 Å². The summed E-state index contributed by atoms with van der Waals surface area (Å²) in [6.45, 7) is 11.3. The number of carbonyl (C=O) groups excluding carboxylic acids is 1. The molecule has 0 aromatic carbocycles. The number of hydrogen-bond acceptors (Lipinski definition) is 4. The van der Waals surface area contributed by atoms with Gasteiger partial charge in [0.1, 0.15) is 5.60 Å². The molecule has 0 aromatic heterocycles. The fourth-order valence-electron chi connectivity index (χ4n) is 3.14. The first kappa shape index (κ1) is 17.5. The molecule has 0 aliphatic carbocycles. The maximum atomic E-state index is 12.0. The molecule has 0 radical (unpaired) electrons. The topological polar surface area (TPSA) is 50.8 Å². The van der Waals surface area contributed by atoms with Gasteiger partial charge in [-0.25, -0.2) is 4.79 Å². The van der Waals surface area contributed by atoms with Crippen LogP contribution < -0.4 is 5.32 Å². The highest BCUT2D eigenvalue weighted by molar-refractivity contribution is 5.68. The van der Waals surface area contributed by atoms with Crippen molar-refractivity contribution in [3.63, 3.8) is 0 Å². The monoisotopic (exact) mass is 312 g/mol. The lowest BCUT2D eigenvalue weighted by molar-refractivity contribution is 0.0287. The van der Waals surface area contributed by atoms with Crippen LogP contribution in [0.5, 0.6) is 0 Å². The van der Waals surface area contributed by atoms with Crippen LogP contribution in [0.4, 0.5) is 4.79 Å². The third-order valence-electron chi connectivity index (χ3n) is 4.35. The Morgan fingerprint density at radius 3 is 2.82 bits per heavy atom. The SMILES string of the molecule is CC(C)(C)OC(=O)N1CCC(CCNCC2CCCOC2)C1. The first-order valence-electron chi connectivity index (χ1n) is 8.70. The van der Waals surface area contributed by atoms with Crippen LogP contribution in [0.3, 0.4) is 0 Å². The van der Waals surface area contributed by atoms with Gasteiger partial charge >= 0.3 is 6.09 Å². The molecule has 5 nitrogen and oxygen atoms in total. The molecule has 2 fully saturated rings. The number of rotatable bonds is 5. The summed E-state index contributed by atoms with van der Waals surface area (Å²) in [5, 5.41) is 3.55. The molecule has 2 rings (SSSR count). The maximum Gasteiger partial charge on any atom is 0.410 e. The molecule has 0 aromatic rings. The molecular formula is C17H32N2O3. The van der Waals surface area contributed by atoms with Crippen LogP contribution in [0.2, 0.25) is 0 Å². The van der Waals surface area contributed by atoms with Crippen LogP contribution in [0.25, 0.3) is 0 Å². The van der Waals surface area contributed by atoms with E-state index >= 15 is 0 Å². The zero-order chi connectivity index (χ0) is 16.0. The smallest absolute Gasteiger partial charge is 0.410 e. The number of hydrogen-bond donors (Lipinski definition) is 1. The Labute approximate surface area is 134 Å². The van der Waals surface area contributed by atoms with Gasteiger partial charge in [0.2, 0.25) is 0 Å². The predicted octanol–water partition coefficient (Wildman–Crippen LogP) is 2.65. The van der Waals surface area contributed by atoms with Gasteiger partial charge in [-0.3, -0.25) is 0 Å². The molecule has 2 heterocycles. The molecule has 1 N–H and O–H groups in total. The number of likely N-dealkylation sites (tertiary alicyclic amines) is 1. The largest absolute Gasteiger partial charge is 0.444 e.